The first-order valence-corrected chi connectivity index (χ1v) is 9.00. The number of nitro groups is 1. The number of benzene rings is 2. The quantitative estimate of drug-likeness (QED) is 0.289. The third-order valence-electron chi connectivity index (χ3n) is 4.44. The zero-order valence-corrected chi connectivity index (χ0v) is 15.9. The second-order valence-corrected chi connectivity index (χ2v) is 6.44. The van der Waals surface area contributed by atoms with E-state index in [4.69, 9.17) is 0 Å². The lowest BCUT2D eigenvalue weighted by Gasteiger charge is -2.13. The van der Waals surface area contributed by atoms with E-state index < -0.39 is 40.8 Å². The van der Waals surface area contributed by atoms with Crippen LogP contribution < -0.4 is 10.6 Å². The first-order valence-electron chi connectivity index (χ1n) is 9.00. The number of nitro benzene ring substituents is 1. The largest absolute Gasteiger partial charge is 0.502 e. The lowest BCUT2D eigenvalue weighted by molar-refractivity contribution is -0.385. The van der Waals surface area contributed by atoms with Crippen LogP contribution in [-0.2, 0) is 16.0 Å². The number of aromatic hydroxyl groups is 1. The summed E-state index contributed by atoms with van der Waals surface area (Å²) >= 11 is 0. The summed E-state index contributed by atoms with van der Waals surface area (Å²) in [5, 5.41) is 25.5. The van der Waals surface area contributed by atoms with Crippen LogP contribution in [0.3, 0.4) is 0 Å². The molecule has 0 saturated carbocycles. The number of carbonyl (C=O) groups is 3. The number of imide groups is 1. The maximum Gasteiger partial charge on any atom is 0.329 e. The summed E-state index contributed by atoms with van der Waals surface area (Å²) < 4.78 is 0. The van der Waals surface area contributed by atoms with E-state index in [2.05, 4.69) is 10.6 Å². The van der Waals surface area contributed by atoms with Crippen molar-refractivity contribution in [3.05, 3.63) is 69.4 Å². The predicted octanol–water partition coefficient (Wildman–Crippen LogP) is 2.39. The highest BCUT2D eigenvalue weighted by atomic mass is 16.6. The average Bonchev–Trinajstić information content (AvgIpc) is 2.97. The van der Waals surface area contributed by atoms with Crippen LogP contribution >= 0.6 is 0 Å². The highest BCUT2D eigenvalue weighted by Gasteiger charge is 2.35. The van der Waals surface area contributed by atoms with Gasteiger partial charge in [-0.1, -0.05) is 31.2 Å². The molecule has 4 amide bonds. The molecular formula is C20H18N4O6. The van der Waals surface area contributed by atoms with Gasteiger partial charge in [-0.2, -0.15) is 0 Å². The number of carbonyl (C=O) groups excluding carboxylic acids is 3. The summed E-state index contributed by atoms with van der Waals surface area (Å²) in [7, 11) is 0. The van der Waals surface area contributed by atoms with Crippen molar-refractivity contribution in [2.24, 2.45) is 0 Å². The number of anilines is 1. The van der Waals surface area contributed by atoms with E-state index in [1.165, 1.54) is 12.1 Å². The Morgan fingerprint density at radius 2 is 2.00 bits per heavy atom. The van der Waals surface area contributed by atoms with Gasteiger partial charge in [0.15, 0.2) is 5.75 Å². The fourth-order valence-electron chi connectivity index (χ4n) is 2.94. The zero-order chi connectivity index (χ0) is 21.8. The molecule has 1 heterocycles. The van der Waals surface area contributed by atoms with Gasteiger partial charge in [-0.05, 0) is 35.8 Å². The summed E-state index contributed by atoms with van der Waals surface area (Å²) in [6.45, 7) is 1.45. The molecule has 1 aliphatic heterocycles. The maximum atomic E-state index is 12.5. The van der Waals surface area contributed by atoms with Gasteiger partial charge in [0.2, 0.25) is 5.91 Å². The molecule has 0 bridgehead atoms. The molecule has 10 nitrogen and oxygen atoms in total. The molecule has 0 aliphatic carbocycles. The van der Waals surface area contributed by atoms with Gasteiger partial charge in [-0.15, -0.1) is 0 Å². The number of aryl methyl sites for hydroxylation is 1. The topological polar surface area (TPSA) is 142 Å². The molecule has 1 aliphatic rings. The molecular weight excluding hydrogens is 392 g/mol. The SMILES string of the molecule is CCc1ccccc1NC(=O)CN1C(=O)N/C(=C/c2ccc(O)c([N+](=O)[O-])c2)C1=O. The Hall–Kier alpha value is -4.21. The van der Waals surface area contributed by atoms with Gasteiger partial charge in [0.25, 0.3) is 5.91 Å². The number of amides is 4. The molecule has 0 radical (unpaired) electrons. The predicted molar refractivity (Wildman–Crippen MR) is 107 cm³/mol. The Kier molecular flexibility index (Phi) is 5.77. The Balaban J connectivity index is 1.75. The number of nitrogens with zero attached hydrogens (tertiary/aromatic N) is 2. The van der Waals surface area contributed by atoms with E-state index in [9.17, 15) is 29.6 Å². The molecule has 3 N–H and O–H groups in total. The minimum absolute atomic E-state index is 0.137. The minimum atomic E-state index is -0.779. The van der Waals surface area contributed by atoms with Crippen molar-refractivity contribution >= 4 is 35.3 Å². The van der Waals surface area contributed by atoms with Gasteiger partial charge in [-0.3, -0.25) is 19.7 Å². The van der Waals surface area contributed by atoms with Crippen LogP contribution in [0, 0.1) is 10.1 Å². The van der Waals surface area contributed by atoms with E-state index in [-0.39, 0.29) is 11.3 Å². The highest BCUT2D eigenvalue weighted by molar-refractivity contribution is 6.16. The lowest BCUT2D eigenvalue weighted by Crippen LogP contribution is -2.38. The Labute approximate surface area is 171 Å². The number of phenols is 1. The Bertz CT molecular complexity index is 1080. The maximum absolute atomic E-state index is 12.5. The van der Waals surface area contributed by atoms with Crippen molar-refractivity contribution in [1.82, 2.24) is 10.2 Å². The number of phenolic OH excluding ortho intramolecular Hbond substituents is 1. The second-order valence-electron chi connectivity index (χ2n) is 6.44. The van der Waals surface area contributed by atoms with Crippen molar-refractivity contribution < 1.29 is 24.4 Å². The third kappa shape index (κ3) is 4.27. The molecule has 1 saturated heterocycles. The fourth-order valence-corrected chi connectivity index (χ4v) is 2.94. The molecule has 10 heteroatoms. The van der Waals surface area contributed by atoms with Gasteiger partial charge in [-0.25, -0.2) is 9.69 Å². The second kappa shape index (κ2) is 8.43. The number of urea groups is 1. The molecule has 2 aromatic carbocycles. The van der Waals surface area contributed by atoms with E-state index in [0.29, 0.717) is 12.1 Å². The van der Waals surface area contributed by atoms with Crippen LogP contribution in [0.5, 0.6) is 5.75 Å². The fraction of sp³-hybridized carbons (Fsp3) is 0.150. The standard InChI is InChI=1S/C20H18N4O6/c1-2-13-5-3-4-6-14(13)21-18(26)11-23-19(27)15(22-20(23)28)9-12-7-8-17(25)16(10-12)24(29)30/h3-10,25H,2,11H2,1H3,(H,21,26)(H,22,28)/b15-9+. The van der Waals surface area contributed by atoms with Crippen LogP contribution in [0.25, 0.3) is 6.08 Å². The Morgan fingerprint density at radius 1 is 1.27 bits per heavy atom. The molecule has 3 rings (SSSR count). The number of rotatable bonds is 6. The molecule has 0 atom stereocenters. The van der Waals surface area contributed by atoms with Gasteiger partial charge in [0.05, 0.1) is 4.92 Å². The average molecular weight is 410 g/mol. The van der Waals surface area contributed by atoms with Crippen LogP contribution in [0.1, 0.15) is 18.1 Å². The third-order valence-corrected chi connectivity index (χ3v) is 4.44. The summed E-state index contributed by atoms with van der Waals surface area (Å²) in [5.41, 5.74) is 1.07. The van der Waals surface area contributed by atoms with Crippen LogP contribution in [0.15, 0.2) is 48.2 Å². The summed E-state index contributed by atoms with van der Waals surface area (Å²) in [5.74, 6) is -1.80. The van der Waals surface area contributed by atoms with Crippen molar-refractivity contribution in [3.63, 3.8) is 0 Å². The normalized spacial score (nSPS) is 14.7. The minimum Gasteiger partial charge on any atom is -0.502 e. The Morgan fingerprint density at radius 3 is 2.70 bits per heavy atom. The van der Waals surface area contributed by atoms with E-state index in [0.717, 1.165) is 22.6 Å². The van der Waals surface area contributed by atoms with Gasteiger partial charge in [0.1, 0.15) is 12.2 Å². The van der Waals surface area contributed by atoms with E-state index >= 15 is 0 Å². The smallest absolute Gasteiger partial charge is 0.329 e. The van der Waals surface area contributed by atoms with E-state index in [1.54, 1.807) is 12.1 Å². The highest BCUT2D eigenvalue weighted by Crippen LogP contribution is 2.27. The summed E-state index contributed by atoms with van der Waals surface area (Å²) in [6, 6.07) is 9.95. The number of hydrogen-bond donors (Lipinski definition) is 3. The number of para-hydroxylation sites is 1. The van der Waals surface area contributed by atoms with Crippen molar-refractivity contribution in [2.75, 3.05) is 11.9 Å². The van der Waals surface area contributed by atoms with Crippen LogP contribution in [0.4, 0.5) is 16.2 Å². The molecule has 154 valence electrons. The van der Waals surface area contributed by atoms with Crippen LogP contribution in [0.2, 0.25) is 0 Å². The summed E-state index contributed by atoms with van der Waals surface area (Å²) in [4.78, 5) is 47.9. The van der Waals surface area contributed by atoms with Crippen molar-refractivity contribution in [1.29, 1.82) is 0 Å². The molecule has 1 fully saturated rings. The van der Waals surface area contributed by atoms with Crippen molar-refractivity contribution in [3.8, 4) is 5.75 Å². The first-order chi connectivity index (χ1) is 14.3. The molecule has 2 aromatic rings. The summed E-state index contributed by atoms with van der Waals surface area (Å²) in [6.07, 6.45) is 1.93. The lowest BCUT2D eigenvalue weighted by atomic mass is 10.1. The first kappa shape index (κ1) is 20.5. The van der Waals surface area contributed by atoms with Gasteiger partial charge in [0, 0.05) is 11.8 Å². The molecule has 30 heavy (non-hydrogen) atoms. The monoisotopic (exact) mass is 410 g/mol. The van der Waals surface area contributed by atoms with E-state index in [1.807, 2.05) is 19.1 Å². The number of hydrogen-bond acceptors (Lipinski definition) is 6. The van der Waals surface area contributed by atoms with Gasteiger partial charge < -0.3 is 15.7 Å². The number of nitrogens with one attached hydrogen (secondary N) is 2. The molecule has 0 spiro atoms. The molecule has 0 aromatic heterocycles. The zero-order valence-electron chi connectivity index (χ0n) is 15.9. The molecule has 0 unspecified atom stereocenters. The van der Waals surface area contributed by atoms with Crippen molar-refractivity contribution in [2.45, 2.75) is 13.3 Å². The van der Waals surface area contributed by atoms with Gasteiger partial charge >= 0.3 is 11.7 Å². The van der Waals surface area contributed by atoms with Crippen LogP contribution in [-0.4, -0.2) is 39.3 Å².